The van der Waals surface area contributed by atoms with Crippen LogP contribution in [0.3, 0.4) is 0 Å². The van der Waals surface area contributed by atoms with Gasteiger partial charge in [-0.05, 0) is 42.5 Å². The van der Waals surface area contributed by atoms with Gasteiger partial charge in [0.1, 0.15) is 11.8 Å². The smallest absolute Gasteiger partial charge is 0.313 e. The van der Waals surface area contributed by atoms with Gasteiger partial charge in [0.15, 0.2) is 0 Å². The van der Waals surface area contributed by atoms with Crippen molar-refractivity contribution < 1.29 is 18.8 Å². The van der Waals surface area contributed by atoms with Crippen LogP contribution in [-0.4, -0.2) is 34.0 Å². The van der Waals surface area contributed by atoms with E-state index < -0.39 is 11.8 Å². The monoisotopic (exact) mass is 381 g/mol. The maximum Gasteiger partial charge on any atom is 0.313 e. The van der Waals surface area contributed by atoms with E-state index in [0.29, 0.717) is 17.1 Å². The van der Waals surface area contributed by atoms with Gasteiger partial charge in [-0.2, -0.15) is 5.10 Å². The molecular weight excluding hydrogens is 362 g/mol. The first-order valence-electron chi connectivity index (χ1n) is 8.52. The third kappa shape index (κ3) is 4.85. The van der Waals surface area contributed by atoms with Crippen molar-refractivity contribution in [3.8, 4) is 0 Å². The number of amides is 3. The van der Waals surface area contributed by atoms with E-state index in [4.69, 9.17) is 4.42 Å². The summed E-state index contributed by atoms with van der Waals surface area (Å²) in [5.41, 5.74) is 1.03. The van der Waals surface area contributed by atoms with E-state index >= 15 is 0 Å². The van der Waals surface area contributed by atoms with Gasteiger partial charge in [0.2, 0.25) is 5.91 Å². The van der Waals surface area contributed by atoms with Crippen molar-refractivity contribution in [2.24, 2.45) is 0 Å². The number of carbonyl (C=O) groups is 3. The molecule has 2 aromatic heterocycles. The van der Waals surface area contributed by atoms with Crippen LogP contribution < -0.4 is 16.0 Å². The Bertz CT molecular complexity index is 899. The van der Waals surface area contributed by atoms with E-state index in [-0.39, 0.29) is 18.5 Å². The second kappa shape index (κ2) is 8.67. The number of anilines is 2. The first-order valence-corrected chi connectivity index (χ1v) is 8.52. The highest BCUT2D eigenvalue weighted by Gasteiger charge is 2.20. The summed E-state index contributed by atoms with van der Waals surface area (Å²) in [5.74, 6) is -1.17. The van der Waals surface area contributed by atoms with E-state index in [1.54, 1.807) is 59.5 Å². The maximum absolute atomic E-state index is 12.2. The molecule has 3 N–H and O–H groups in total. The molecule has 9 heteroatoms. The Labute approximate surface area is 160 Å². The first-order chi connectivity index (χ1) is 13.5. The van der Waals surface area contributed by atoms with Crippen LogP contribution in [0.25, 0.3) is 0 Å². The average Bonchev–Trinajstić information content (AvgIpc) is 3.37. The summed E-state index contributed by atoms with van der Waals surface area (Å²) < 4.78 is 7.04. The second-order valence-electron chi connectivity index (χ2n) is 5.94. The molecule has 0 aliphatic heterocycles. The minimum Gasteiger partial charge on any atom is -0.467 e. The molecule has 3 aromatic rings. The molecule has 0 radical (unpaired) electrons. The van der Waals surface area contributed by atoms with Crippen LogP contribution in [0.5, 0.6) is 0 Å². The zero-order valence-electron chi connectivity index (χ0n) is 15.1. The molecule has 0 aliphatic rings. The quantitative estimate of drug-likeness (QED) is 0.563. The van der Waals surface area contributed by atoms with Gasteiger partial charge in [0, 0.05) is 37.2 Å². The van der Waals surface area contributed by atoms with Crippen molar-refractivity contribution in [2.75, 3.05) is 17.2 Å². The second-order valence-corrected chi connectivity index (χ2v) is 5.94. The fraction of sp³-hybridized carbons (Fsp3) is 0.158. The molecule has 9 nitrogen and oxygen atoms in total. The fourth-order valence-corrected chi connectivity index (χ4v) is 2.57. The summed E-state index contributed by atoms with van der Waals surface area (Å²) in [6.07, 6.45) is 4.90. The lowest BCUT2D eigenvalue weighted by Gasteiger charge is -2.16. The fourth-order valence-electron chi connectivity index (χ4n) is 2.57. The van der Waals surface area contributed by atoms with Crippen molar-refractivity contribution in [3.63, 3.8) is 0 Å². The molecule has 0 saturated heterocycles. The topological polar surface area (TPSA) is 118 Å². The van der Waals surface area contributed by atoms with E-state index in [2.05, 4.69) is 21.0 Å². The average molecular weight is 381 g/mol. The number of furan rings is 1. The highest BCUT2D eigenvalue weighted by atomic mass is 16.3. The molecule has 0 aliphatic carbocycles. The number of hydrogen-bond donors (Lipinski definition) is 3. The minimum atomic E-state index is -0.800. The molecule has 0 fully saturated rings. The highest BCUT2D eigenvalue weighted by Crippen LogP contribution is 2.17. The third-order valence-corrected chi connectivity index (χ3v) is 3.84. The predicted octanol–water partition coefficient (Wildman–Crippen LogP) is 1.78. The van der Waals surface area contributed by atoms with Crippen molar-refractivity contribution >= 4 is 29.1 Å². The highest BCUT2D eigenvalue weighted by molar-refractivity contribution is 6.39. The van der Waals surface area contributed by atoms with Gasteiger partial charge >= 0.3 is 11.8 Å². The van der Waals surface area contributed by atoms with Crippen molar-refractivity contribution in [1.82, 2.24) is 15.1 Å². The molecule has 0 bridgehead atoms. The number of aromatic nitrogens is 2. The van der Waals surface area contributed by atoms with Crippen molar-refractivity contribution in [1.29, 1.82) is 0 Å². The standard InChI is InChI=1S/C19H19N5O4/c1-13(25)22-14-5-7-15(8-6-14)23-19(27)18(26)20-12-16(17-4-2-11-28-17)24-10-3-9-21-24/h2-11,16H,12H2,1H3,(H,20,26)(H,22,25)(H,23,27). The Kier molecular flexibility index (Phi) is 5.85. The predicted molar refractivity (Wildman–Crippen MR) is 101 cm³/mol. The number of benzene rings is 1. The Morgan fingerprint density at radius 1 is 1.04 bits per heavy atom. The minimum absolute atomic E-state index is 0.128. The van der Waals surface area contributed by atoms with E-state index in [9.17, 15) is 14.4 Å². The van der Waals surface area contributed by atoms with Gasteiger partial charge in [-0.3, -0.25) is 19.1 Å². The van der Waals surface area contributed by atoms with Crippen molar-refractivity contribution in [3.05, 3.63) is 66.9 Å². The molecule has 144 valence electrons. The zero-order valence-corrected chi connectivity index (χ0v) is 15.1. The number of rotatable bonds is 6. The lowest BCUT2D eigenvalue weighted by atomic mass is 10.2. The molecule has 0 spiro atoms. The zero-order chi connectivity index (χ0) is 19.9. The Hall–Kier alpha value is -3.88. The lowest BCUT2D eigenvalue weighted by Crippen LogP contribution is -2.38. The number of nitrogens with zero attached hydrogens (tertiary/aromatic N) is 2. The van der Waals surface area contributed by atoms with E-state index in [1.807, 2.05) is 0 Å². The molecule has 3 rings (SSSR count). The maximum atomic E-state index is 12.2. The normalized spacial score (nSPS) is 11.5. The van der Waals surface area contributed by atoms with E-state index in [1.165, 1.54) is 13.2 Å². The summed E-state index contributed by atoms with van der Waals surface area (Å²) in [6, 6.07) is 11.3. The number of carbonyl (C=O) groups excluding carboxylic acids is 3. The molecule has 0 saturated carbocycles. The number of hydrogen-bond acceptors (Lipinski definition) is 5. The molecule has 1 aromatic carbocycles. The molecular formula is C19H19N5O4. The van der Waals surface area contributed by atoms with Crippen molar-refractivity contribution in [2.45, 2.75) is 13.0 Å². The summed E-state index contributed by atoms with van der Waals surface area (Å²) in [4.78, 5) is 35.3. The van der Waals surface area contributed by atoms with Crippen LogP contribution in [0.15, 0.2) is 65.5 Å². The van der Waals surface area contributed by atoms with Crippen LogP contribution >= 0.6 is 0 Å². The molecule has 28 heavy (non-hydrogen) atoms. The third-order valence-electron chi connectivity index (χ3n) is 3.84. The van der Waals surface area contributed by atoms with Gasteiger partial charge in [-0.25, -0.2) is 0 Å². The van der Waals surface area contributed by atoms with Crippen LogP contribution in [0.1, 0.15) is 18.7 Å². The summed E-state index contributed by atoms with van der Waals surface area (Å²) in [6.45, 7) is 1.53. The Morgan fingerprint density at radius 2 is 1.75 bits per heavy atom. The van der Waals surface area contributed by atoms with Gasteiger partial charge in [0.25, 0.3) is 0 Å². The van der Waals surface area contributed by atoms with E-state index in [0.717, 1.165) is 0 Å². The molecule has 1 atom stereocenters. The Morgan fingerprint density at radius 3 is 2.32 bits per heavy atom. The SMILES string of the molecule is CC(=O)Nc1ccc(NC(=O)C(=O)NCC(c2ccco2)n2cccn2)cc1. The van der Waals surface area contributed by atoms with Gasteiger partial charge in [0.05, 0.1) is 6.26 Å². The van der Waals surface area contributed by atoms with Crippen LogP contribution in [0, 0.1) is 0 Å². The lowest BCUT2D eigenvalue weighted by molar-refractivity contribution is -0.136. The molecule has 3 amide bonds. The first kappa shape index (κ1) is 18.9. The molecule has 2 heterocycles. The van der Waals surface area contributed by atoms with Crippen LogP contribution in [0.2, 0.25) is 0 Å². The van der Waals surface area contributed by atoms with Gasteiger partial charge in [-0.1, -0.05) is 0 Å². The van der Waals surface area contributed by atoms with Crippen LogP contribution in [-0.2, 0) is 14.4 Å². The summed E-state index contributed by atoms with van der Waals surface area (Å²) in [7, 11) is 0. The summed E-state index contributed by atoms with van der Waals surface area (Å²) in [5, 5.41) is 11.9. The van der Waals surface area contributed by atoms with Crippen LogP contribution in [0.4, 0.5) is 11.4 Å². The molecule has 1 unspecified atom stereocenters. The largest absolute Gasteiger partial charge is 0.467 e. The summed E-state index contributed by atoms with van der Waals surface area (Å²) >= 11 is 0. The number of nitrogens with one attached hydrogen (secondary N) is 3. The van der Waals surface area contributed by atoms with Gasteiger partial charge in [-0.15, -0.1) is 0 Å². The Balaban J connectivity index is 1.57. The van der Waals surface area contributed by atoms with Gasteiger partial charge < -0.3 is 20.4 Å².